The Bertz CT molecular complexity index is 653. The summed E-state index contributed by atoms with van der Waals surface area (Å²) < 4.78 is 1.86. The van der Waals surface area contributed by atoms with Gasteiger partial charge in [0, 0.05) is 38.6 Å². The van der Waals surface area contributed by atoms with Crippen LogP contribution in [0.4, 0.5) is 10.5 Å². The molecule has 2 amide bonds. The van der Waals surface area contributed by atoms with Crippen LogP contribution in [0.1, 0.15) is 16.3 Å². The first-order chi connectivity index (χ1) is 10.1. The molecule has 0 aromatic carbocycles. The number of amides is 2. The zero-order valence-electron chi connectivity index (χ0n) is 11.4. The second-order valence-electron chi connectivity index (χ2n) is 4.29. The van der Waals surface area contributed by atoms with Crippen LogP contribution in [-0.4, -0.2) is 38.2 Å². The molecule has 0 aliphatic heterocycles. The number of carbonyl (C=O) groups excluding carboxylic acids is 1. The number of nitrogens with one attached hydrogen (secondary N) is 2. The van der Waals surface area contributed by atoms with Crippen LogP contribution in [0, 0.1) is 0 Å². The van der Waals surface area contributed by atoms with E-state index in [4.69, 9.17) is 5.11 Å². The lowest BCUT2D eigenvalue weighted by Crippen LogP contribution is -2.31. The number of pyridine rings is 1. The number of rotatable bonds is 5. The second-order valence-corrected chi connectivity index (χ2v) is 4.29. The van der Waals surface area contributed by atoms with E-state index in [0.29, 0.717) is 13.0 Å². The third kappa shape index (κ3) is 3.78. The zero-order chi connectivity index (χ0) is 15.2. The summed E-state index contributed by atoms with van der Waals surface area (Å²) in [4.78, 5) is 30.5. The first-order valence-electron chi connectivity index (χ1n) is 6.27. The average Bonchev–Trinajstić information content (AvgIpc) is 2.85. The standard InChI is InChI=1S/C13H15N5O3/c1-18-8-7-14-10(18)4-6-16-13(21)17-9-3-2-5-15-11(9)12(19)20/h2-3,5,7-8H,4,6H2,1H3,(H,19,20)(H2,16,17,21). The molecule has 2 rings (SSSR count). The minimum Gasteiger partial charge on any atom is -0.476 e. The number of aryl methyl sites for hydroxylation is 1. The molecule has 0 bridgehead atoms. The van der Waals surface area contributed by atoms with Crippen molar-refractivity contribution in [1.29, 1.82) is 0 Å². The van der Waals surface area contributed by atoms with Crippen molar-refractivity contribution >= 4 is 17.7 Å². The molecule has 0 aliphatic rings. The predicted molar refractivity (Wildman–Crippen MR) is 75.1 cm³/mol. The highest BCUT2D eigenvalue weighted by Crippen LogP contribution is 2.11. The Morgan fingerprint density at radius 2 is 2.14 bits per heavy atom. The normalized spacial score (nSPS) is 10.1. The molecule has 0 aliphatic carbocycles. The average molecular weight is 289 g/mol. The summed E-state index contributed by atoms with van der Waals surface area (Å²) in [6.07, 6.45) is 5.44. The van der Waals surface area contributed by atoms with E-state index >= 15 is 0 Å². The van der Waals surface area contributed by atoms with Crippen molar-refractivity contribution in [3.05, 3.63) is 42.2 Å². The molecule has 0 unspecified atom stereocenters. The number of carbonyl (C=O) groups is 2. The van der Waals surface area contributed by atoms with Gasteiger partial charge in [-0.3, -0.25) is 0 Å². The van der Waals surface area contributed by atoms with Crippen molar-refractivity contribution in [2.24, 2.45) is 7.05 Å². The monoisotopic (exact) mass is 289 g/mol. The van der Waals surface area contributed by atoms with Crippen molar-refractivity contribution in [2.75, 3.05) is 11.9 Å². The molecule has 0 spiro atoms. The summed E-state index contributed by atoms with van der Waals surface area (Å²) >= 11 is 0. The number of aromatic carboxylic acids is 1. The van der Waals surface area contributed by atoms with Crippen LogP contribution < -0.4 is 10.6 Å². The largest absolute Gasteiger partial charge is 0.476 e. The van der Waals surface area contributed by atoms with Crippen LogP contribution in [0.15, 0.2) is 30.7 Å². The van der Waals surface area contributed by atoms with Gasteiger partial charge in [-0.1, -0.05) is 0 Å². The minimum absolute atomic E-state index is 0.152. The van der Waals surface area contributed by atoms with Gasteiger partial charge in [0.2, 0.25) is 0 Å². The lowest BCUT2D eigenvalue weighted by Gasteiger charge is -2.09. The highest BCUT2D eigenvalue weighted by atomic mass is 16.4. The summed E-state index contributed by atoms with van der Waals surface area (Å²) in [6, 6.07) is 2.55. The van der Waals surface area contributed by atoms with Crippen molar-refractivity contribution < 1.29 is 14.7 Å². The van der Waals surface area contributed by atoms with Gasteiger partial charge >= 0.3 is 12.0 Å². The van der Waals surface area contributed by atoms with Gasteiger partial charge in [0.05, 0.1) is 5.69 Å². The minimum atomic E-state index is -1.20. The number of anilines is 1. The molecule has 8 heteroatoms. The molecule has 0 saturated carbocycles. The summed E-state index contributed by atoms with van der Waals surface area (Å²) in [5, 5.41) is 14.1. The van der Waals surface area contributed by atoms with Gasteiger partial charge in [-0.15, -0.1) is 0 Å². The summed E-state index contributed by atoms with van der Waals surface area (Å²) in [5.74, 6) is -0.346. The van der Waals surface area contributed by atoms with E-state index in [0.717, 1.165) is 5.82 Å². The Balaban J connectivity index is 1.88. The molecular weight excluding hydrogens is 274 g/mol. The van der Waals surface area contributed by atoms with Crippen LogP contribution in [0.2, 0.25) is 0 Å². The molecule has 0 atom stereocenters. The fourth-order valence-corrected chi connectivity index (χ4v) is 1.77. The lowest BCUT2D eigenvalue weighted by molar-refractivity contribution is 0.0691. The number of urea groups is 1. The summed E-state index contributed by atoms with van der Waals surface area (Å²) in [5.41, 5.74) is -0.0451. The van der Waals surface area contributed by atoms with Crippen molar-refractivity contribution in [2.45, 2.75) is 6.42 Å². The number of carboxylic acid groups (broad SMARTS) is 1. The maximum Gasteiger partial charge on any atom is 0.356 e. The molecule has 110 valence electrons. The first kappa shape index (κ1) is 14.5. The second kappa shape index (κ2) is 6.51. The highest BCUT2D eigenvalue weighted by molar-refractivity contribution is 5.98. The Labute approximate surface area is 120 Å². The Hall–Kier alpha value is -2.90. The van der Waals surface area contributed by atoms with E-state index in [2.05, 4.69) is 20.6 Å². The fourth-order valence-electron chi connectivity index (χ4n) is 1.77. The molecule has 0 radical (unpaired) electrons. The van der Waals surface area contributed by atoms with Gasteiger partial charge in [-0.2, -0.15) is 0 Å². The van der Waals surface area contributed by atoms with Crippen LogP contribution in [0.3, 0.4) is 0 Å². The van der Waals surface area contributed by atoms with Gasteiger partial charge in [0.25, 0.3) is 0 Å². The van der Waals surface area contributed by atoms with Crippen molar-refractivity contribution in [1.82, 2.24) is 19.9 Å². The van der Waals surface area contributed by atoms with Crippen LogP contribution >= 0.6 is 0 Å². The molecule has 8 nitrogen and oxygen atoms in total. The van der Waals surface area contributed by atoms with E-state index in [1.54, 1.807) is 12.3 Å². The van der Waals surface area contributed by atoms with E-state index < -0.39 is 12.0 Å². The maximum atomic E-state index is 11.7. The summed E-state index contributed by atoms with van der Waals surface area (Å²) in [7, 11) is 1.87. The molecule has 0 saturated heterocycles. The Morgan fingerprint density at radius 1 is 1.33 bits per heavy atom. The van der Waals surface area contributed by atoms with E-state index in [1.165, 1.54) is 12.3 Å². The molecular formula is C13H15N5O3. The molecule has 2 aromatic rings. The van der Waals surface area contributed by atoms with Crippen LogP contribution in [0.5, 0.6) is 0 Å². The number of imidazole rings is 1. The Kier molecular flexibility index (Phi) is 4.50. The number of nitrogens with zero attached hydrogens (tertiary/aromatic N) is 3. The fraction of sp³-hybridized carbons (Fsp3) is 0.231. The number of aromatic nitrogens is 3. The highest BCUT2D eigenvalue weighted by Gasteiger charge is 2.13. The maximum absolute atomic E-state index is 11.7. The third-order valence-corrected chi connectivity index (χ3v) is 2.81. The molecule has 2 aromatic heterocycles. The predicted octanol–water partition coefficient (Wildman–Crippen LogP) is 0.877. The van der Waals surface area contributed by atoms with E-state index in [-0.39, 0.29) is 11.4 Å². The first-order valence-corrected chi connectivity index (χ1v) is 6.27. The van der Waals surface area contributed by atoms with Gasteiger partial charge in [0.15, 0.2) is 5.69 Å². The number of carboxylic acids is 1. The smallest absolute Gasteiger partial charge is 0.356 e. The van der Waals surface area contributed by atoms with Gasteiger partial charge < -0.3 is 20.3 Å². The van der Waals surface area contributed by atoms with Crippen molar-refractivity contribution in [3.8, 4) is 0 Å². The van der Waals surface area contributed by atoms with E-state index in [1.807, 2.05) is 17.8 Å². The molecule has 0 fully saturated rings. The lowest BCUT2D eigenvalue weighted by atomic mass is 10.3. The number of hydrogen-bond donors (Lipinski definition) is 3. The van der Waals surface area contributed by atoms with Crippen LogP contribution in [0.25, 0.3) is 0 Å². The zero-order valence-corrected chi connectivity index (χ0v) is 11.4. The van der Waals surface area contributed by atoms with E-state index in [9.17, 15) is 9.59 Å². The molecule has 21 heavy (non-hydrogen) atoms. The van der Waals surface area contributed by atoms with Gasteiger partial charge in [-0.25, -0.2) is 19.6 Å². The SMILES string of the molecule is Cn1ccnc1CCNC(=O)Nc1cccnc1C(=O)O. The number of hydrogen-bond acceptors (Lipinski definition) is 4. The quantitative estimate of drug-likeness (QED) is 0.757. The van der Waals surface area contributed by atoms with Crippen LogP contribution in [-0.2, 0) is 13.5 Å². The molecule has 3 N–H and O–H groups in total. The summed E-state index contributed by atoms with van der Waals surface area (Å²) in [6.45, 7) is 0.388. The third-order valence-electron chi connectivity index (χ3n) is 2.81. The Morgan fingerprint density at radius 3 is 2.81 bits per heavy atom. The van der Waals surface area contributed by atoms with Crippen molar-refractivity contribution in [3.63, 3.8) is 0 Å². The molecule has 2 heterocycles. The van der Waals surface area contributed by atoms with Gasteiger partial charge in [0.1, 0.15) is 5.82 Å². The topological polar surface area (TPSA) is 109 Å². The van der Waals surface area contributed by atoms with Gasteiger partial charge in [-0.05, 0) is 12.1 Å².